The van der Waals surface area contributed by atoms with Gasteiger partial charge in [-0.1, -0.05) is 20.3 Å². The summed E-state index contributed by atoms with van der Waals surface area (Å²) in [5, 5.41) is 15.4. The molecule has 2 atom stereocenters. The molecule has 0 radical (unpaired) electrons. The Balaban J connectivity index is 2.21. The van der Waals surface area contributed by atoms with E-state index in [4.69, 9.17) is 0 Å². The Morgan fingerprint density at radius 1 is 1.42 bits per heavy atom. The van der Waals surface area contributed by atoms with Crippen LogP contribution in [0, 0.1) is 5.92 Å². The lowest BCUT2D eigenvalue weighted by Crippen LogP contribution is -2.29. The molecule has 0 aliphatic heterocycles. The van der Waals surface area contributed by atoms with Crippen molar-refractivity contribution in [3.63, 3.8) is 0 Å². The summed E-state index contributed by atoms with van der Waals surface area (Å²) in [6, 6.07) is 0. The molecule has 1 aromatic heterocycles. The van der Waals surface area contributed by atoms with Crippen molar-refractivity contribution in [2.75, 3.05) is 0 Å². The predicted octanol–water partition coefficient (Wildman–Crippen LogP) is 3.71. The van der Waals surface area contributed by atoms with Gasteiger partial charge in [0.1, 0.15) is 0 Å². The van der Waals surface area contributed by atoms with Crippen LogP contribution in [0.3, 0.4) is 0 Å². The van der Waals surface area contributed by atoms with Crippen LogP contribution in [0.5, 0.6) is 0 Å². The molecular weight excluding hydrogens is 304 g/mol. The molecule has 1 aliphatic rings. The number of aromatic nitrogens is 2. The fourth-order valence-electron chi connectivity index (χ4n) is 3.22. The number of aryl methyl sites for hydroxylation is 2. The number of hydrogen-bond donors (Lipinski definition) is 1. The third kappa shape index (κ3) is 3.05. The van der Waals surface area contributed by atoms with Crippen LogP contribution < -0.4 is 0 Å². The predicted molar refractivity (Wildman–Crippen MR) is 81.3 cm³/mol. The second-order valence-electron chi connectivity index (χ2n) is 5.79. The Labute approximate surface area is 124 Å². The van der Waals surface area contributed by atoms with E-state index in [0.29, 0.717) is 5.92 Å². The monoisotopic (exact) mass is 328 g/mol. The Bertz CT molecular complexity index is 444. The van der Waals surface area contributed by atoms with Crippen molar-refractivity contribution in [1.29, 1.82) is 0 Å². The van der Waals surface area contributed by atoms with Crippen LogP contribution in [0.1, 0.15) is 57.8 Å². The SMILES string of the molecule is CCc1nn(CC)c(CC2(O)CCC(CC)C2)c1Br. The van der Waals surface area contributed by atoms with E-state index in [2.05, 4.69) is 41.8 Å². The topological polar surface area (TPSA) is 38.0 Å². The van der Waals surface area contributed by atoms with Gasteiger partial charge < -0.3 is 5.11 Å². The van der Waals surface area contributed by atoms with Gasteiger partial charge in [-0.2, -0.15) is 5.10 Å². The standard InChI is InChI=1S/C15H25BrN2O/c1-4-11-7-8-15(19,9-11)10-13-14(16)12(5-2)17-18(13)6-3/h11,19H,4-10H2,1-3H3. The number of rotatable bonds is 5. The first kappa shape index (κ1) is 15.0. The summed E-state index contributed by atoms with van der Waals surface area (Å²) in [4.78, 5) is 0. The van der Waals surface area contributed by atoms with E-state index in [1.54, 1.807) is 0 Å². The van der Waals surface area contributed by atoms with E-state index < -0.39 is 5.60 Å². The smallest absolute Gasteiger partial charge is 0.0766 e. The van der Waals surface area contributed by atoms with Crippen LogP contribution in [0.25, 0.3) is 0 Å². The highest BCUT2D eigenvalue weighted by molar-refractivity contribution is 9.10. The maximum atomic E-state index is 10.8. The van der Waals surface area contributed by atoms with E-state index in [9.17, 15) is 5.11 Å². The molecule has 108 valence electrons. The van der Waals surface area contributed by atoms with E-state index in [1.165, 1.54) is 12.1 Å². The van der Waals surface area contributed by atoms with Gasteiger partial charge in [-0.05, 0) is 54.5 Å². The normalized spacial score (nSPS) is 27.1. The first-order valence-electron chi connectivity index (χ1n) is 7.49. The van der Waals surface area contributed by atoms with Crippen molar-refractivity contribution in [2.24, 2.45) is 5.92 Å². The summed E-state index contributed by atoms with van der Waals surface area (Å²) in [7, 11) is 0. The highest BCUT2D eigenvalue weighted by Crippen LogP contribution is 2.39. The maximum Gasteiger partial charge on any atom is 0.0766 e. The molecule has 0 amide bonds. The summed E-state index contributed by atoms with van der Waals surface area (Å²) in [5.74, 6) is 0.687. The average molecular weight is 329 g/mol. The summed E-state index contributed by atoms with van der Waals surface area (Å²) < 4.78 is 3.14. The van der Waals surface area contributed by atoms with E-state index in [0.717, 1.165) is 48.8 Å². The Morgan fingerprint density at radius 3 is 2.68 bits per heavy atom. The molecule has 3 nitrogen and oxygen atoms in total. The molecule has 2 unspecified atom stereocenters. The fraction of sp³-hybridized carbons (Fsp3) is 0.800. The molecule has 4 heteroatoms. The molecule has 1 aromatic rings. The van der Waals surface area contributed by atoms with Gasteiger partial charge in [-0.15, -0.1) is 0 Å². The van der Waals surface area contributed by atoms with Crippen molar-refractivity contribution >= 4 is 15.9 Å². The molecule has 1 heterocycles. The minimum absolute atomic E-state index is 0.527. The number of aliphatic hydroxyl groups is 1. The second kappa shape index (κ2) is 5.96. The van der Waals surface area contributed by atoms with Gasteiger partial charge in [0.25, 0.3) is 0 Å². The van der Waals surface area contributed by atoms with Crippen molar-refractivity contribution in [3.05, 3.63) is 15.9 Å². The maximum absolute atomic E-state index is 10.8. The van der Waals surface area contributed by atoms with E-state index in [-0.39, 0.29) is 0 Å². The highest BCUT2D eigenvalue weighted by Gasteiger charge is 2.38. The van der Waals surface area contributed by atoms with Crippen molar-refractivity contribution in [3.8, 4) is 0 Å². The molecule has 0 spiro atoms. The van der Waals surface area contributed by atoms with Gasteiger partial charge in [-0.3, -0.25) is 4.68 Å². The third-order valence-corrected chi connectivity index (χ3v) is 5.37. The largest absolute Gasteiger partial charge is 0.389 e. The molecule has 1 fully saturated rings. The number of halogens is 1. The van der Waals surface area contributed by atoms with Crippen molar-refractivity contribution in [2.45, 2.75) is 71.4 Å². The Hall–Kier alpha value is -0.350. The molecule has 0 saturated heterocycles. The van der Waals surface area contributed by atoms with Gasteiger partial charge in [0.2, 0.25) is 0 Å². The molecule has 0 bridgehead atoms. The first-order valence-corrected chi connectivity index (χ1v) is 8.28. The minimum atomic E-state index is -0.527. The summed E-state index contributed by atoms with van der Waals surface area (Å²) in [5.41, 5.74) is 1.74. The summed E-state index contributed by atoms with van der Waals surface area (Å²) >= 11 is 3.67. The van der Waals surface area contributed by atoms with Crippen LogP contribution in [-0.4, -0.2) is 20.5 Å². The van der Waals surface area contributed by atoms with Gasteiger partial charge in [0, 0.05) is 13.0 Å². The Morgan fingerprint density at radius 2 is 2.16 bits per heavy atom. The summed E-state index contributed by atoms with van der Waals surface area (Å²) in [6.07, 6.45) is 5.85. The number of hydrogen-bond acceptors (Lipinski definition) is 2. The van der Waals surface area contributed by atoms with Crippen LogP contribution in [0.2, 0.25) is 0 Å². The minimum Gasteiger partial charge on any atom is -0.389 e. The van der Waals surface area contributed by atoms with Gasteiger partial charge in [0.15, 0.2) is 0 Å². The fourth-order valence-corrected chi connectivity index (χ4v) is 3.93. The molecule has 1 N–H and O–H groups in total. The zero-order valence-electron chi connectivity index (χ0n) is 12.2. The molecule has 0 aromatic carbocycles. The van der Waals surface area contributed by atoms with Crippen LogP contribution in [-0.2, 0) is 19.4 Å². The quantitative estimate of drug-likeness (QED) is 0.894. The zero-order valence-corrected chi connectivity index (χ0v) is 13.8. The lowest BCUT2D eigenvalue weighted by Gasteiger charge is -2.23. The van der Waals surface area contributed by atoms with Crippen LogP contribution in [0.4, 0.5) is 0 Å². The highest BCUT2D eigenvalue weighted by atomic mass is 79.9. The second-order valence-corrected chi connectivity index (χ2v) is 6.59. The van der Waals surface area contributed by atoms with E-state index in [1.807, 2.05) is 4.68 Å². The lowest BCUT2D eigenvalue weighted by molar-refractivity contribution is 0.0415. The molecule has 1 saturated carbocycles. The molecule has 1 aliphatic carbocycles. The molecule has 2 rings (SSSR count). The van der Waals surface area contributed by atoms with Gasteiger partial charge >= 0.3 is 0 Å². The molecular formula is C15H25BrN2O. The Kier molecular flexibility index (Phi) is 4.72. The average Bonchev–Trinajstić information content (AvgIpc) is 2.92. The lowest BCUT2D eigenvalue weighted by atomic mass is 9.93. The van der Waals surface area contributed by atoms with E-state index >= 15 is 0 Å². The van der Waals surface area contributed by atoms with Gasteiger partial charge in [0.05, 0.1) is 21.5 Å². The van der Waals surface area contributed by atoms with Crippen LogP contribution >= 0.6 is 15.9 Å². The van der Waals surface area contributed by atoms with Gasteiger partial charge in [-0.25, -0.2) is 0 Å². The molecule has 19 heavy (non-hydrogen) atoms. The van der Waals surface area contributed by atoms with Crippen LogP contribution in [0.15, 0.2) is 4.47 Å². The number of nitrogens with zero attached hydrogens (tertiary/aromatic N) is 2. The first-order chi connectivity index (χ1) is 9.03. The van der Waals surface area contributed by atoms with Crippen molar-refractivity contribution in [1.82, 2.24) is 9.78 Å². The summed E-state index contributed by atoms with van der Waals surface area (Å²) in [6.45, 7) is 7.31. The van der Waals surface area contributed by atoms with Crippen molar-refractivity contribution < 1.29 is 5.11 Å². The zero-order chi connectivity index (χ0) is 14.0. The third-order valence-electron chi connectivity index (χ3n) is 4.45.